The van der Waals surface area contributed by atoms with Crippen molar-refractivity contribution in [2.24, 2.45) is 0 Å². The highest BCUT2D eigenvalue weighted by atomic mass is 16.2. The van der Waals surface area contributed by atoms with E-state index in [0.29, 0.717) is 6.42 Å². The topological polar surface area (TPSA) is 63.1 Å². The lowest BCUT2D eigenvalue weighted by Gasteiger charge is -2.11. The third-order valence-electron chi connectivity index (χ3n) is 5.09. The van der Waals surface area contributed by atoms with Crippen molar-refractivity contribution in [1.82, 2.24) is 25.0 Å². The molecule has 3 heterocycles. The van der Waals surface area contributed by atoms with Crippen molar-refractivity contribution in [3.05, 3.63) is 47.2 Å². The molecule has 3 aromatic rings. The number of fused-ring (bicyclic) bond motifs is 2. The molecular formula is C21H25N5O. The number of carbonyl (C=O) groups excluding carboxylic acids is 1. The lowest BCUT2D eigenvalue weighted by Crippen LogP contribution is -2.23. The maximum absolute atomic E-state index is 12.0. The van der Waals surface area contributed by atoms with Crippen LogP contribution in [0.4, 0.5) is 0 Å². The molecule has 0 atom stereocenters. The standard InChI is InChI=1S/C21H25N5O/c1-14-9-19(20-12-16-13-22-7-4-8-26(16)24-20)23-18-10-15(5-6-17(14)18)11-21(27)25(2)3/h5-6,9-10,12,22H,4,7-8,11,13H2,1-3H3. The molecule has 1 aromatic carbocycles. The van der Waals surface area contributed by atoms with Gasteiger partial charge in [0.2, 0.25) is 5.91 Å². The SMILES string of the molecule is Cc1cc(-c2cc3n(n2)CCCNC3)nc2cc(CC(=O)N(C)C)ccc12. The summed E-state index contributed by atoms with van der Waals surface area (Å²) in [6.07, 6.45) is 1.47. The van der Waals surface area contributed by atoms with E-state index in [1.807, 2.05) is 12.1 Å². The number of nitrogens with one attached hydrogen (secondary N) is 1. The van der Waals surface area contributed by atoms with Gasteiger partial charge in [0.05, 0.1) is 23.3 Å². The molecule has 1 aliphatic heterocycles. The fourth-order valence-corrected chi connectivity index (χ4v) is 3.51. The number of pyridine rings is 1. The molecule has 0 radical (unpaired) electrons. The zero-order chi connectivity index (χ0) is 19.0. The van der Waals surface area contributed by atoms with Crippen molar-refractivity contribution in [1.29, 1.82) is 0 Å². The fourth-order valence-electron chi connectivity index (χ4n) is 3.51. The van der Waals surface area contributed by atoms with Gasteiger partial charge in [-0.25, -0.2) is 4.98 Å². The summed E-state index contributed by atoms with van der Waals surface area (Å²) in [5, 5.41) is 9.32. The first-order valence-electron chi connectivity index (χ1n) is 9.39. The molecule has 0 saturated heterocycles. The van der Waals surface area contributed by atoms with E-state index in [1.165, 1.54) is 11.3 Å². The number of benzene rings is 1. The second-order valence-electron chi connectivity index (χ2n) is 7.42. The van der Waals surface area contributed by atoms with Gasteiger partial charge in [-0.05, 0) is 49.2 Å². The summed E-state index contributed by atoms with van der Waals surface area (Å²) in [6.45, 7) is 4.91. The van der Waals surface area contributed by atoms with Crippen molar-refractivity contribution >= 4 is 16.8 Å². The van der Waals surface area contributed by atoms with Crippen molar-refractivity contribution in [3.8, 4) is 11.4 Å². The summed E-state index contributed by atoms with van der Waals surface area (Å²) in [5.74, 6) is 0.0903. The molecule has 1 amide bonds. The predicted molar refractivity (Wildman–Crippen MR) is 106 cm³/mol. The Bertz CT molecular complexity index is 982. The van der Waals surface area contributed by atoms with Gasteiger partial charge in [-0.3, -0.25) is 9.48 Å². The Balaban J connectivity index is 1.72. The number of rotatable bonds is 3. The monoisotopic (exact) mass is 363 g/mol. The second-order valence-corrected chi connectivity index (χ2v) is 7.42. The van der Waals surface area contributed by atoms with Gasteiger partial charge in [0.15, 0.2) is 0 Å². The number of likely N-dealkylation sites (N-methyl/N-ethyl adjacent to an activating group) is 1. The molecule has 4 rings (SSSR count). The fraction of sp³-hybridized carbons (Fsp3) is 0.381. The van der Waals surface area contributed by atoms with Crippen LogP contribution in [0, 0.1) is 6.92 Å². The van der Waals surface area contributed by atoms with Gasteiger partial charge in [-0.15, -0.1) is 0 Å². The maximum atomic E-state index is 12.0. The Morgan fingerprint density at radius 2 is 2.07 bits per heavy atom. The van der Waals surface area contributed by atoms with Crippen molar-refractivity contribution in [2.75, 3.05) is 20.6 Å². The van der Waals surface area contributed by atoms with E-state index in [1.54, 1.807) is 19.0 Å². The Morgan fingerprint density at radius 1 is 1.22 bits per heavy atom. The van der Waals surface area contributed by atoms with E-state index < -0.39 is 0 Å². The third kappa shape index (κ3) is 3.57. The highest BCUT2D eigenvalue weighted by Gasteiger charge is 2.14. The molecule has 0 aliphatic carbocycles. The molecule has 140 valence electrons. The van der Waals surface area contributed by atoms with E-state index in [-0.39, 0.29) is 5.91 Å². The first kappa shape index (κ1) is 17.7. The van der Waals surface area contributed by atoms with Crippen LogP contribution in [-0.2, 0) is 24.3 Å². The first-order chi connectivity index (χ1) is 13.0. The number of aryl methyl sites for hydroxylation is 2. The summed E-state index contributed by atoms with van der Waals surface area (Å²) in [6, 6.07) is 10.3. The second kappa shape index (κ2) is 7.12. The minimum Gasteiger partial charge on any atom is -0.349 e. The molecule has 1 aliphatic rings. The van der Waals surface area contributed by atoms with Crippen LogP contribution >= 0.6 is 0 Å². The Morgan fingerprint density at radius 3 is 2.89 bits per heavy atom. The van der Waals surface area contributed by atoms with Crippen LogP contribution < -0.4 is 5.32 Å². The average molecular weight is 363 g/mol. The molecule has 27 heavy (non-hydrogen) atoms. The maximum Gasteiger partial charge on any atom is 0.226 e. The highest BCUT2D eigenvalue weighted by molar-refractivity contribution is 5.86. The third-order valence-corrected chi connectivity index (χ3v) is 5.09. The Kier molecular flexibility index (Phi) is 4.66. The largest absolute Gasteiger partial charge is 0.349 e. The van der Waals surface area contributed by atoms with Crippen LogP contribution in [0.25, 0.3) is 22.3 Å². The quantitative estimate of drug-likeness (QED) is 0.777. The van der Waals surface area contributed by atoms with E-state index in [2.05, 4.69) is 35.1 Å². The number of aromatic nitrogens is 3. The van der Waals surface area contributed by atoms with Crippen LogP contribution in [-0.4, -0.2) is 46.2 Å². The molecule has 0 unspecified atom stereocenters. The summed E-state index contributed by atoms with van der Waals surface area (Å²) >= 11 is 0. The molecule has 6 nitrogen and oxygen atoms in total. The minimum absolute atomic E-state index is 0.0903. The van der Waals surface area contributed by atoms with Crippen LogP contribution in [0.2, 0.25) is 0 Å². The van der Waals surface area contributed by atoms with Gasteiger partial charge in [0.25, 0.3) is 0 Å². The Hall–Kier alpha value is -2.73. The van der Waals surface area contributed by atoms with Gasteiger partial charge in [0, 0.05) is 32.6 Å². The van der Waals surface area contributed by atoms with E-state index in [0.717, 1.165) is 53.9 Å². The smallest absolute Gasteiger partial charge is 0.226 e. The number of amides is 1. The number of carbonyl (C=O) groups is 1. The minimum atomic E-state index is 0.0903. The average Bonchev–Trinajstić information content (AvgIpc) is 2.92. The summed E-state index contributed by atoms with van der Waals surface area (Å²) in [5.41, 5.74) is 6.06. The number of nitrogens with zero attached hydrogens (tertiary/aromatic N) is 4. The van der Waals surface area contributed by atoms with Gasteiger partial charge < -0.3 is 10.2 Å². The molecule has 0 bridgehead atoms. The number of hydrogen-bond donors (Lipinski definition) is 1. The van der Waals surface area contributed by atoms with Crippen LogP contribution in [0.1, 0.15) is 23.2 Å². The van der Waals surface area contributed by atoms with Crippen LogP contribution in [0.5, 0.6) is 0 Å². The van der Waals surface area contributed by atoms with Crippen LogP contribution in [0.15, 0.2) is 30.3 Å². The Labute approximate surface area is 159 Å². The van der Waals surface area contributed by atoms with Crippen molar-refractivity contribution < 1.29 is 4.79 Å². The molecule has 0 spiro atoms. The van der Waals surface area contributed by atoms with Crippen LogP contribution in [0.3, 0.4) is 0 Å². The van der Waals surface area contributed by atoms with Crippen molar-refractivity contribution in [3.63, 3.8) is 0 Å². The van der Waals surface area contributed by atoms with Gasteiger partial charge in [0.1, 0.15) is 5.69 Å². The summed E-state index contributed by atoms with van der Waals surface area (Å²) in [7, 11) is 3.56. The van der Waals surface area contributed by atoms with Crippen molar-refractivity contribution in [2.45, 2.75) is 32.9 Å². The van der Waals surface area contributed by atoms with Gasteiger partial charge in [-0.1, -0.05) is 12.1 Å². The molecule has 0 saturated carbocycles. The zero-order valence-electron chi connectivity index (χ0n) is 16.1. The van der Waals surface area contributed by atoms with E-state index in [9.17, 15) is 4.79 Å². The van der Waals surface area contributed by atoms with Gasteiger partial charge >= 0.3 is 0 Å². The number of hydrogen-bond acceptors (Lipinski definition) is 4. The zero-order valence-corrected chi connectivity index (χ0v) is 16.1. The van der Waals surface area contributed by atoms with E-state index >= 15 is 0 Å². The predicted octanol–water partition coefficient (Wildman–Crippen LogP) is 2.53. The lowest BCUT2D eigenvalue weighted by molar-refractivity contribution is -0.127. The molecule has 0 fully saturated rings. The summed E-state index contributed by atoms with van der Waals surface area (Å²) in [4.78, 5) is 18.5. The lowest BCUT2D eigenvalue weighted by atomic mass is 10.0. The van der Waals surface area contributed by atoms with E-state index in [4.69, 9.17) is 10.1 Å². The first-order valence-corrected chi connectivity index (χ1v) is 9.39. The molecular weight excluding hydrogens is 338 g/mol. The highest BCUT2D eigenvalue weighted by Crippen LogP contribution is 2.26. The normalized spacial score (nSPS) is 14.0. The molecule has 2 aromatic heterocycles. The summed E-state index contributed by atoms with van der Waals surface area (Å²) < 4.78 is 2.09. The molecule has 1 N–H and O–H groups in total. The molecule has 6 heteroatoms. The van der Waals surface area contributed by atoms with Gasteiger partial charge in [-0.2, -0.15) is 5.10 Å².